The van der Waals surface area contributed by atoms with Crippen LogP contribution in [0.4, 0.5) is 13.2 Å². The second-order valence-electron chi connectivity index (χ2n) is 3.28. The fourth-order valence-electron chi connectivity index (χ4n) is 1.19. The SMILES string of the molecule is CC(C(=O)O)(C1CC1)C(F)(F)F. The van der Waals surface area contributed by atoms with Gasteiger partial charge in [0.15, 0.2) is 5.41 Å². The van der Waals surface area contributed by atoms with Crippen molar-refractivity contribution in [2.24, 2.45) is 11.3 Å². The zero-order chi connectivity index (χ0) is 9.57. The van der Waals surface area contributed by atoms with E-state index in [0.29, 0.717) is 12.8 Å². The Morgan fingerprint density at radius 2 is 1.83 bits per heavy atom. The minimum Gasteiger partial charge on any atom is -0.481 e. The molecule has 0 aromatic carbocycles. The highest BCUT2D eigenvalue weighted by atomic mass is 19.4. The Morgan fingerprint density at radius 3 is 1.92 bits per heavy atom. The average molecular weight is 182 g/mol. The van der Waals surface area contributed by atoms with Gasteiger partial charge in [0.1, 0.15) is 0 Å². The number of rotatable bonds is 2. The zero-order valence-corrected chi connectivity index (χ0v) is 6.48. The van der Waals surface area contributed by atoms with E-state index in [2.05, 4.69) is 0 Å². The molecule has 0 saturated heterocycles. The van der Waals surface area contributed by atoms with Crippen molar-refractivity contribution in [3.8, 4) is 0 Å². The summed E-state index contributed by atoms with van der Waals surface area (Å²) in [5.74, 6) is -2.49. The maximum atomic E-state index is 12.3. The highest BCUT2D eigenvalue weighted by molar-refractivity contribution is 5.76. The maximum absolute atomic E-state index is 12.3. The fourth-order valence-corrected chi connectivity index (χ4v) is 1.19. The number of alkyl halides is 3. The number of aliphatic carboxylic acids is 1. The van der Waals surface area contributed by atoms with Crippen LogP contribution in [0.1, 0.15) is 19.8 Å². The predicted octanol–water partition coefficient (Wildman–Crippen LogP) is 2.05. The van der Waals surface area contributed by atoms with Crippen molar-refractivity contribution in [2.45, 2.75) is 25.9 Å². The van der Waals surface area contributed by atoms with Crippen LogP contribution in [0.25, 0.3) is 0 Å². The summed E-state index contributed by atoms with van der Waals surface area (Å²) in [6.45, 7) is 0.757. The standard InChI is InChI=1S/C7H9F3O2/c1-6(5(11)12,4-2-3-4)7(8,9)10/h4H,2-3H2,1H3,(H,11,12). The molecule has 2 nitrogen and oxygen atoms in total. The summed E-state index contributed by atoms with van der Waals surface area (Å²) in [4.78, 5) is 10.4. The molecule has 1 rings (SSSR count). The Bertz CT molecular complexity index is 207. The van der Waals surface area contributed by atoms with E-state index in [1.54, 1.807) is 0 Å². The van der Waals surface area contributed by atoms with Crippen LogP contribution in [0.3, 0.4) is 0 Å². The highest BCUT2D eigenvalue weighted by Gasteiger charge is 2.64. The lowest BCUT2D eigenvalue weighted by molar-refractivity contribution is -0.232. The van der Waals surface area contributed by atoms with E-state index < -0.39 is 23.5 Å². The minimum atomic E-state index is -4.64. The third-order valence-corrected chi connectivity index (χ3v) is 2.43. The molecule has 0 spiro atoms. The Balaban J connectivity index is 2.93. The Morgan fingerprint density at radius 1 is 1.42 bits per heavy atom. The predicted molar refractivity (Wildman–Crippen MR) is 34.5 cm³/mol. The molecule has 70 valence electrons. The zero-order valence-electron chi connectivity index (χ0n) is 6.48. The molecular formula is C7H9F3O2. The third-order valence-electron chi connectivity index (χ3n) is 2.43. The van der Waals surface area contributed by atoms with Crippen molar-refractivity contribution in [1.29, 1.82) is 0 Å². The van der Waals surface area contributed by atoms with Gasteiger partial charge in [0.25, 0.3) is 0 Å². The molecule has 1 atom stereocenters. The molecule has 0 aromatic rings. The van der Waals surface area contributed by atoms with Gasteiger partial charge in [0.2, 0.25) is 0 Å². The Kier molecular flexibility index (Phi) is 1.85. The normalized spacial score (nSPS) is 23.3. The average Bonchev–Trinajstić information content (AvgIpc) is 2.63. The molecule has 5 heteroatoms. The molecule has 1 aliphatic carbocycles. The third kappa shape index (κ3) is 1.17. The van der Waals surface area contributed by atoms with Crippen molar-refractivity contribution in [3.63, 3.8) is 0 Å². The molecule has 0 aliphatic heterocycles. The minimum absolute atomic E-state index is 0.363. The highest BCUT2D eigenvalue weighted by Crippen LogP contribution is 2.54. The summed E-state index contributed by atoms with van der Waals surface area (Å²) in [5.41, 5.74) is -2.53. The van der Waals surface area contributed by atoms with E-state index >= 15 is 0 Å². The number of carboxylic acid groups (broad SMARTS) is 1. The number of halogens is 3. The molecule has 1 saturated carbocycles. The van der Waals surface area contributed by atoms with Crippen molar-refractivity contribution in [1.82, 2.24) is 0 Å². The largest absolute Gasteiger partial charge is 0.481 e. The van der Waals surface area contributed by atoms with Gasteiger partial charge in [0.05, 0.1) is 0 Å². The molecule has 12 heavy (non-hydrogen) atoms. The van der Waals surface area contributed by atoms with Crippen LogP contribution >= 0.6 is 0 Å². The van der Waals surface area contributed by atoms with Gasteiger partial charge in [0, 0.05) is 0 Å². The van der Waals surface area contributed by atoms with Crippen LogP contribution in [-0.2, 0) is 4.79 Å². The van der Waals surface area contributed by atoms with Crippen LogP contribution < -0.4 is 0 Å². The van der Waals surface area contributed by atoms with E-state index in [1.165, 1.54) is 0 Å². The lowest BCUT2D eigenvalue weighted by atomic mass is 9.84. The number of carbonyl (C=O) groups is 1. The summed E-state index contributed by atoms with van der Waals surface area (Å²) in [5, 5.41) is 8.46. The van der Waals surface area contributed by atoms with Gasteiger partial charge >= 0.3 is 12.1 Å². The van der Waals surface area contributed by atoms with E-state index in [4.69, 9.17) is 5.11 Å². The molecule has 1 N–H and O–H groups in total. The van der Waals surface area contributed by atoms with Gasteiger partial charge in [-0.15, -0.1) is 0 Å². The lowest BCUT2D eigenvalue weighted by Crippen LogP contribution is -2.44. The van der Waals surface area contributed by atoms with Crippen molar-refractivity contribution in [2.75, 3.05) is 0 Å². The van der Waals surface area contributed by atoms with Crippen LogP contribution in [0, 0.1) is 11.3 Å². The summed E-state index contributed by atoms with van der Waals surface area (Å²) in [7, 11) is 0. The number of carboxylic acids is 1. The first-order valence-electron chi connectivity index (χ1n) is 3.60. The van der Waals surface area contributed by atoms with Gasteiger partial charge < -0.3 is 5.11 Å². The molecule has 1 unspecified atom stereocenters. The maximum Gasteiger partial charge on any atom is 0.404 e. The first kappa shape index (κ1) is 9.35. The van der Waals surface area contributed by atoms with E-state index in [0.717, 1.165) is 6.92 Å². The van der Waals surface area contributed by atoms with Gasteiger partial charge in [-0.1, -0.05) is 0 Å². The monoisotopic (exact) mass is 182 g/mol. The molecule has 1 aliphatic rings. The Labute approximate surface area is 67.4 Å². The second kappa shape index (κ2) is 2.37. The summed E-state index contributed by atoms with van der Waals surface area (Å²) < 4.78 is 36.8. The van der Waals surface area contributed by atoms with Gasteiger partial charge in [-0.2, -0.15) is 13.2 Å². The van der Waals surface area contributed by atoms with Crippen molar-refractivity contribution in [3.05, 3.63) is 0 Å². The van der Waals surface area contributed by atoms with Crippen LogP contribution in [0.2, 0.25) is 0 Å². The molecule has 0 amide bonds. The molecule has 0 heterocycles. The molecule has 0 bridgehead atoms. The van der Waals surface area contributed by atoms with Crippen molar-refractivity contribution >= 4 is 5.97 Å². The van der Waals surface area contributed by atoms with E-state index in [9.17, 15) is 18.0 Å². The molecular weight excluding hydrogens is 173 g/mol. The van der Waals surface area contributed by atoms with Crippen molar-refractivity contribution < 1.29 is 23.1 Å². The molecule has 1 fully saturated rings. The number of hydrogen-bond donors (Lipinski definition) is 1. The van der Waals surface area contributed by atoms with E-state index in [-0.39, 0.29) is 0 Å². The van der Waals surface area contributed by atoms with Crippen LogP contribution in [0.5, 0.6) is 0 Å². The van der Waals surface area contributed by atoms with E-state index in [1.807, 2.05) is 0 Å². The molecule has 0 radical (unpaired) electrons. The first-order chi connectivity index (χ1) is 5.30. The van der Waals surface area contributed by atoms with Gasteiger partial charge in [-0.05, 0) is 25.7 Å². The molecule has 0 aromatic heterocycles. The Hall–Kier alpha value is -0.740. The quantitative estimate of drug-likeness (QED) is 0.709. The summed E-state index contributed by atoms with van der Waals surface area (Å²) in [6.07, 6.45) is -3.91. The topological polar surface area (TPSA) is 37.3 Å². The summed E-state index contributed by atoms with van der Waals surface area (Å²) >= 11 is 0. The number of hydrogen-bond acceptors (Lipinski definition) is 1. The van der Waals surface area contributed by atoms with Crippen LogP contribution in [0.15, 0.2) is 0 Å². The first-order valence-corrected chi connectivity index (χ1v) is 3.60. The smallest absolute Gasteiger partial charge is 0.404 e. The fraction of sp³-hybridized carbons (Fsp3) is 0.857. The van der Waals surface area contributed by atoms with Crippen LogP contribution in [-0.4, -0.2) is 17.3 Å². The van der Waals surface area contributed by atoms with Gasteiger partial charge in [-0.25, -0.2) is 0 Å². The van der Waals surface area contributed by atoms with Gasteiger partial charge in [-0.3, -0.25) is 4.79 Å². The lowest BCUT2D eigenvalue weighted by Gasteiger charge is -2.27. The second-order valence-corrected chi connectivity index (χ2v) is 3.28. The summed E-state index contributed by atoms with van der Waals surface area (Å²) in [6, 6.07) is 0.